The lowest BCUT2D eigenvalue weighted by molar-refractivity contribution is 0.100. The first-order valence-corrected chi connectivity index (χ1v) is 7.66. The molecule has 0 radical (unpaired) electrons. The molecule has 0 saturated carbocycles. The number of pyridine rings is 1. The molecule has 6 heteroatoms. The molecule has 2 rings (SSSR count). The summed E-state index contributed by atoms with van der Waals surface area (Å²) in [6.07, 6.45) is 1.66. The maximum atomic E-state index is 11.2. The first-order chi connectivity index (χ1) is 8.27. The molecule has 17 heavy (non-hydrogen) atoms. The Bertz CT molecular complexity index is 394. The van der Waals surface area contributed by atoms with E-state index < -0.39 is 5.91 Å². The average molecular weight is 269 g/mol. The van der Waals surface area contributed by atoms with Crippen molar-refractivity contribution in [3.8, 4) is 0 Å². The second kappa shape index (κ2) is 6.16. The monoisotopic (exact) mass is 269 g/mol. The van der Waals surface area contributed by atoms with Crippen LogP contribution in [-0.4, -0.2) is 39.9 Å². The van der Waals surface area contributed by atoms with Gasteiger partial charge in [0, 0.05) is 35.3 Å². The molecule has 1 aliphatic heterocycles. The molecule has 2 heterocycles. The van der Waals surface area contributed by atoms with E-state index in [4.69, 9.17) is 5.73 Å². The number of amides is 1. The van der Waals surface area contributed by atoms with E-state index in [1.54, 1.807) is 18.3 Å². The van der Waals surface area contributed by atoms with E-state index in [0.29, 0.717) is 16.6 Å². The molecule has 1 aromatic heterocycles. The molecule has 1 saturated heterocycles. The third-order valence-electron chi connectivity index (χ3n) is 2.46. The Balaban J connectivity index is 1.96. The maximum Gasteiger partial charge on any atom is 0.252 e. The predicted octanol–water partition coefficient (Wildman–Crippen LogP) is 1.44. The van der Waals surface area contributed by atoms with E-state index >= 15 is 0 Å². The quantitative estimate of drug-likeness (QED) is 0.865. The molecule has 1 aromatic rings. The van der Waals surface area contributed by atoms with Crippen LogP contribution in [-0.2, 0) is 0 Å². The summed E-state index contributed by atoms with van der Waals surface area (Å²) in [5.41, 5.74) is 5.75. The molecule has 0 aliphatic carbocycles. The Labute approximate surface area is 109 Å². The largest absolute Gasteiger partial charge is 0.368 e. The fourth-order valence-corrected chi connectivity index (χ4v) is 4.22. The fourth-order valence-electron chi connectivity index (χ4n) is 1.61. The Kier molecular flexibility index (Phi) is 4.56. The molecule has 1 atom stereocenters. The second-order valence-corrected chi connectivity index (χ2v) is 6.27. The van der Waals surface area contributed by atoms with Gasteiger partial charge in [-0.05, 0) is 12.1 Å². The first-order valence-electron chi connectivity index (χ1n) is 5.45. The van der Waals surface area contributed by atoms with Gasteiger partial charge in [0.2, 0.25) is 0 Å². The second-order valence-electron chi connectivity index (χ2n) is 3.71. The minimum atomic E-state index is -0.439. The van der Waals surface area contributed by atoms with Crippen molar-refractivity contribution >= 4 is 35.2 Å². The molecular formula is C11H15N3OS2. The van der Waals surface area contributed by atoms with E-state index in [0.717, 1.165) is 12.3 Å². The molecule has 1 fully saturated rings. The highest BCUT2D eigenvalue weighted by atomic mass is 32.2. The van der Waals surface area contributed by atoms with E-state index in [9.17, 15) is 4.79 Å². The van der Waals surface area contributed by atoms with Gasteiger partial charge in [-0.2, -0.15) is 23.5 Å². The Morgan fingerprint density at radius 1 is 1.59 bits per heavy atom. The van der Waals surface area contributed by atoms with Crippen LogP contribution in [0.5, 0.6) is 0 Å². The number of carbonyl (C=O) groups is 1. The number of thioether (sulfide) groups is 2. The Morgan fingerprint density at radius 2 is 2.47 bits per heavy atom. The van der Waals surface area contributed by atoms with Gasteiger partial charge in [-0.3, -0.25) is 4.79 Å². The number of nitrogens with two attached hydrogens (primary N) is 1. The van der Waals surface area contributed by atoms with Gasteiger partial charge < -0.3 is 11.1 Å². The van der Waals surface area contributed by atoms with Crippen LogP contribution in [0.15, 0.2) is 18.3 Å². The van der Waals surface area contributed by atoms with Crippen molar-refractivity contribution in [2.24, 2.45) is 5.73 Å². The highest BCUT2D eigenvalue weighted by molar-refractivity contribution is 8.06. The number of nitrogens with one attached hydrogen (secondary N) is 1. The SMILES string of the molecule is NC(=O)c1cccnc1NCC1CSCCS1. The lowest BCUT2D eigenvalue weighted by atomic mass is 10.2. The first kappa shape index (κ1) is 12.6. The Morgan fingerprint density at radius 3 is 3.18 bits per heavy atom. The number of rotatable bonds is 4. The molecule has 1 unspecified atom stereocenters. The number of carbonyl (C=O) groups excluding carboxylic acids is 1. The van der Waals surface area contributed by atoms with Crippen molar-refractivity contribution in [1.29, 1.82) is 0 Å². The average Bonchev–Trinajstić information content (AvgIpc) is 2.38. The smallest absolute Gasteiger partial charge is 0.252 e. The number of anilines is 1. The van der Waals surface area contributed by atoms with Gasteiger partial charge in [0.15, 0.2) is 0 Å². The molecule has 0 bridgehead atoms. The molecule has 1 aliphatic rings. The maximum absolute atomic E-state index is 11.2. The van der Waals surface area contributed by atoms with Gasteiger partial charge in [-0.15, -0.1) is 0 Å². The number of hydrogen-bond acceptors (Lipinski definition) is 5. The van der Waals surface area contributed by atoms with Crippen molar-refractivity contribution in [3.63, 3.8) is 0 Å². The minimum absolute atomic E-state index is 0.439. The van der Waals surface area contributed by atoms with Gasteiger partial charge in [0.25, 0.3) is 5.91 Å². The van der Waals surface area contributed by atoms with Crippen LogP contribution >= 0.6 is 23.5 Å². The van der Waals surface area contributed by atoms with Crippen LogP contribution in [0.25, 0.3) is 0 Å². The van der Waals surface area contributed by atoms with E-state index in [1.807, 2.05) is 23.5 Å². The highest BCUT2D eigenvalue weighted by Crippen LogP contribution is 2.24. The fraction of sp³-hybridized carbons (Fsp3) is 0.455. The third kappa shape index (κ3) is 3.54. The zero-order chi connectivity index (χ0) is 12.1. The third-order valence-corrected chi connectivity index (χ3v) is 5.30. The van der Waals surface area contributed by atoms with Crippen molar-refractivity contribution in [3.05, 3.63) is 23.9 Å². The van der Waals surface area contributed by atoms with Crippen LogP contribution in [0.2, 0.25) is 0 Å². The number of nitrogens with zero attached hydrogens (tertiary/aromatic N) is 1. The normalized spacial score (nSPS) is 19.9. The summed E-state index contributed by atoms with van der Waals surface area (Å²) in [5, 5.41) is 3.80. The number of hydrogen-bond donors (Lipinski definition) is 2. The van der Waals surface area contributed by atoms with Crippen molar-refractivity contribution in [2.75, 3.05) is 29.1 Å². The van der Waals surface area contributed by atoms with Gasteiger partial charge in [0.1, 0.15) is 5.82 Å². The molecule has 92 valence electrons. The molecule has 0 aromatic carbocycles. The summed E-state index contributed by atoms with van der Waals surface area (Å²) in [6.45, 7) is 0.828. The van der Waals surface area contributed by atoms with E-state index in [-0.39, 0.29) is 0 Å². The summed E-state index contributed by atoms with van der Waals surface area (Å²) >= 11 is 3.95. The molecule has 4 nitrogen and oxygen atoms in total. The molecule has 0 spiro atoms. The molecular weight excluding hydrogens is 254 g/mol. The molecule has 1 amide bonds. The highest BCUT2D eigenvalue weighted by Gasteiger charge is 2.15. The Hall–Kier alpha value is -0.880. The van der Waals surface area contributed by atoms with Crippen LogP contribution in [0, 0.1) is 0 Å². The van der Waals surface area contributed by atoms with Crippen molar-refractivity contribution < 1.29 is 4.79 Å². The van der Waals surface area contributed by atoms with Crippen molar-refractivity contribution in [1.82, 2.24) is 4.98 Å². The molecule has 3 N–H and O–H groups in total. The van der Waals surface area contributed by atoms with Crippen LogP contribution in [0.3, 0.4) is 0 Å². The van der Waals surface area contributed by atoms with E-state index in [2.05, 4.69) is 10.3 Å². The standard InChI is InChI=1S/C11H15N3OS2/c12-10(15)9-2-1-3-13-11(9)14-6-8-7-16-4-5-17-8/h1-3,8H,4-7H2,(H2,12,15)(H,13,14). The summed E-state index contributed by atoms with van der Waals surface area (Å²) < 4.78 is 0. The minimum Gasteiger partial charge on any atom is -0.368 e. The van der Waals surface area contributed by atoms with Crippen LogP contribution in [0.1, 0.15) is 10.4 Å². The predicted molar refractivity (Wildman–Crippen MR) is 74.8 cm³/mol. The van der Waals surface area contributed by atoms with Gasteiger partial charge >= 0.3 is 0 Å². The lowest BCUT2D eigenvalue weighted by Crippen LogP contribution is -2.25. The zero-order valence-electron chi connectivity index (χ0n) is 9.39. The summed E-state index contributed by atoms with van der Waals surface area (Å²) in [5.74, 6) is 3.73. The van der Waals surface area contributed by atoms with Crippen LogP contribution in [0.4, 0.5) is 5.82 Å². The summed E-state index contributed by atoms with van der Waals surface area (Å²) in [6, 6.07) is 3.41. The van der Waals surface area contributed by atoms with Gasteiger partial charge in [-0.1, -0.05) is 0 Å². The number of primary amides is 1. The zero-order valence-corrected chi connectivity index (χ0v) is 11.0. The van der Waals surface area contributed by atoms with E-state index in [1.165, 1.54) is 11.5 Å². The lowest BCUT2D eigenvalue weighted by Gasteiger charge is -2.21. The van der Waals surface area contributed by atoms with Crippen molar-refractivity contribution in [2.45, 2.75) is 5.25 Å². The summed E-state index contributed by atoms with van der Waals surface area (Å²) in [4.78, 5) is 15.4. The van der Waals surface area contributed by atoms with Gasteiger partial charge in [-0.25, -0.2) is 4.98 Å². The van der Waals surface area contributed by atoms with Gasteiger partial charge in [0.05, 0.1) is 5.56 Å². The number of aromatic nitrogens is 1. The van der Waals surface area contributed by atoms with Crippen LogP contribution < -0.4 is 11.1 Å². The topological polar surface area (TPSA) is 68.0 Å². The summed E-state index contributed by atoms with van der Waals surface area (Å²) in [7, 11) is 0.